The van der Waals surface area contributed by atoms with E-state index in [9.17, 15) is 4.79 Å². The Morgan fingerprint density at radius 1 is 0.968 bits per heavy atom. The molecule has 168 valence electrons. The van der Waals surface area contributed by atoms with E-state index in [-0.39, 0.29) is 5.56 Å². The lowest BCUT2D eigenvalue weighted by molar-refractivity contribution is -0.0196. The van der Waals surface area contributed by atoms with E-state index in [1.807, 2.05) is 19.1 Å². The summed E-state index contributed by atoms with van der Waals surface area (Å²) >= 11 is 0. The quantitative estimate of drug-likeness (QED) is 0.486. The van der Waals surface area contributed by atoms with Crippen LogP contribution in [0.5, 0.6) is 0 Å². The standard InChI is InChI=1S/C27H39N3O/c1-19-29-24-11-8-10-23(25(24)26(31)30-19)9-6-4-2-3-5-7-12-28-27-16-20-13-21(17-27)15-22(14-20)18-27/h8,10-11,20-22,28H,2-7,9,12-18H2,1H3,(H,29,30,31). The van der Waals surface area contributed by atoms with Crippen molar-refractivity contribution in [2.24, 2.45) is 17.8 Å². The molecule has 4 heteroatoms. The molecule has 4 saturated carbocycles. The number of hydrogen-bond acceptors (Lipinski definition) is 3. The van der Waals surface area contributed by atoms with Gasteiger partial charge in [-0.2, -0.15) is 0 Å². The predicted molar refractivity (Wildman–Crippen MR) is 127 cm³/mol. The van der Waals surface area contributed by atoms with Crippen LogP contribution in [-0.4, -0.2) is 22.1 Å². The molecular formula is C27H39N3O. The van der Waals surface area contributed by atoms with E-state index >= 15 is 0 Å². The average Bonchev–Trinajstić information content (AvgIpc) is 2.71. The van der Waals surface area contributed by atoms with E-state index in [1.54, 1.807) is 0 Å². The Morgan fingerprint density at radius 2 is 1.61 bits per heavy atom. The fraction of sp³-hybridized carbons (Fsp3) is 0.704. The number of aryl methyl sites for hydroxylation is 2. The zero-order valence-corrected chi connectivity index (χ0v) is 19.2. The Bertz CT molecular complexity index is 927. The largest absolute Gasteiger partial charge is 0.311 e. The molecule has 4 bridgehead atoms. The molecule has 2 N–H and O–H groups in total. The maximum absolute atomic E-state index is 12.4. The Kier molecular flexibility index (Phi) is 6.19. The second-order valence-electron chi connectivity index (χ2n) is 11.0. The second kappa shape index (κ2) is 9.05. The summed E-state index contributed by atoms with van der Waals surface area (Å²) in [5.74, 6) is 3.80. The second-order valence-corrected chi connectivity index (χ2v) is 11.0. The molecule has 4 nitrogen and oxygen atoms in total. The number of hydrogen-bond donors (Lipinski definition) is 2. The molecule has 0 radical (unpaired) electrons. The van der Waals surface area contributed by atoms with Crippen LogP contribution in [0.4, 0.5) is 0 Å². The lowest BCUT2D eigenvalue weighted by atomic mass is 9.53. The highest BCUT2D eigenvalue weighted by Gasteiger charge is 2.50. The number of benzene rings is 1. The molecule has 1 aromatic carbocycles. The van der Waals surface area contributed by atoms with Gasteiger partial charge in [0.2, 0.25) is 0 Å². The molecule has 4 fully saturated rings. The molecule has 0 saturated heterocycles. The number of nitrogens with zero attached hydrogens (tertiary/aromatic N) is 1. The SMILES string of the molecule is Cc1nc2cccc(CCCCCCCCNC34CC5CC(CC(C5)C3)C4)c2c(=O)[nH]1. The predicted octanol–water partition coefficient (Wildman–Crippen LogP) is 5.67. The minimum absolute atomic E-state index is 0.00428. The normalized spacial score (nSPS) is 29.1. The zero-order chi connectivity index (χ0) is 21.3. The van der Waals surface area contributed by atoms with Gasteiger partial charge in [-0.05, 0) is 101 Å². The van der Waals surface area contributed by atoms with Crippen molar-refractivity contribution in [2.75, 3.05) is 6.54 Å². The maximum atomic E-state index is 12.4. The van der Waals surface area contributed by atoms with Crippen molar-refractivity contribution in [1.29, 1.82) is 0 Å². The summed E-state index contributed by atoms with van der Waals surface area (Å²) < 4.78 is 0. The van der Waals surface area contributed by atoms with Crippen LogP contribution in [-0.2, 0) is 6.42 Å². The van der Waals surface area contributed by atoms with Gasteiger partial charge in [0.05, 0.1) is 10.9 Å². The fourth-order valence-electron chi connectivity index (χ4n) is 7.41. The van der Waals surface area contributed by atoms with E-state index in [0.29, 0.717) is 11.4 Å². The number of rotatable bonds is 10. The van der Waals surface area contributed by atoms with Crippen molar-refractivity contribution in [2.45, 2.75) is 95.9 Å². The third-order valence-corrected chi connectivity index (χ3v) is 8.35. The van der Waals surface area contributed by atoms with Crippen LogP contribution in [0, 0.1) is 24.7 Å². The van der Waals surface area contributed by atoms with Gasteiger partial charge in [0, 0.05) is 5.54 Å². The highest BCUT2D eigenvalue weighted by molar-refractivity contribution is 5.81. The van der Waals surface area contributed by atoms with Crippen molar-refractivity contribution >= 4 is 10.9 Å². The van der Waals surface area contributed by atoms with Crippen LogP contribution in [0.15, 0.2) is 23.0 Å². The Labute approximate surface area is 186 Å². The first-order valence-electron chi connectivity index (χ1n) is 12.8. The number of nitrogens with one attached hydrogen (secondary N) is 2. The summed E-state index contributed by atoms with van der Waals surface area (Å²) in [5, 5.41) is 4.82. The van der Waals surface area contributed by atoms with E-state index < -0.39 is 0 Å². The van der Waals surface area contributed by atoms with Crippen LogP contribution < -0.4 is 10.9 Å². The van der Waals surface area contributed by atoms with Gasteiger partial charge >= 0.3 is 0 Å². The van der Waals surface area contributed by atoms with Gasteiger partial charge in [-0.1, -0.05) is 37.8 Å². The monoisotopic (exact) mass is 421 g/mol. The molecule has 31 heavy (non-hydrogen) atoms. The van der Waals surface area contributed by atoms with E-state index in [2.05, 4.69) is 21.4 Å². The minimum atomic E-state index is 0.00428. The third kappa shape index (κ3) is 4.74. The third-order valence-electron chi connectivity index (χ3n) is 8.35. The number of aromatic nitrogens is 2. The van der Waals surface area contributed by atoms with Crippen molar-refractivity contribution in [1.82, 2.24) is 15.3 Å². The van der Waals surface area contributed by atoms with Crippen LogP contribution in [0.2, 0.25) is 0 Å². The number of fused-ring (bicyclic) bond motifs is 1. The molecule has 1 heterocycles. The van der Waals surface area contributed by atoms with Gasteiger partial charge in [-0.25, -0.2) is 4.98 Å². The topological polar surface area (TPSA) is 57.8 Å². The Balaban J connectivity index is 0.987. The van der Waals surface area contributed by atoms with Crippen LogP contribution in [0.3, 0.4) is 0 Å². The van der Waals surface area contributed by atoms with Gasteiger partial charge in [0.1, 0.15) is 5.82 Å². The zero-order valence-electron chi connectivity index (χ0n) is 19.2. The van der Waals surface area contributed by atoms with Gasteiger partial charge in [0.25, 0.3) is 5.56 Å². The molecule has 1 aromatic heterocycles. The first-order valence-corrected chi connectivity index (χ1v) is 12.8. The lowest BCUT2D eigenvalue weighted by Gasteiger charge is -2.57. The van der Waals surface area contributed by atoms with Gasteiger partial charge in [-0.3, -0.25) is 4.79 Å². The summed E-state index contributed by atoms with van der Waals surface area (Å²) in [6, 6.07) is 6.06. The van der Waals surface area contributed by atoms with Gasteiger partial charge in [0.15, 0.2) is 0 Å². The van der Waals surface area contributed by atoms with Crippen LogP contribution >= 0.6 is 0 Å². The van der Waals surface area contributed by atoms with Gasteiger partial charge < -0.3 is 10.3 Å². The molecule has 0 spiro atoms. The summed E-state index contributed by atoms with van der Waals surface area (Å²) in [6.07, 6.45) is 17.7. The van der Waals surface area contributed by atoms with E-state index in [0.717, 1.165) is 47.1 Å². The minimum Gasteiger partial charge on any atom is -0.311 e. The molecular weight excluding hydrogens is 382 g/mol. The van der Waals surface area contributed by atoms with Crippen LogP contribution in [0.25, 0.3) is 10.9 Å². The fourth-order valence-corrected chi connectivity index (χ4v) is 7.41. The summed E-state index contributed by atoms with van der Waals surface area (Å²) in [6.45, 7) is 3.06. The lowest BCUT2D eigenvalue weighted by Crippen LogP contribution is -2.58. The van der Waals surface area contributed by atoms with Crippen LogP contribution in [0.1, 0.15) is 88.4 Å². The van der Waals surface area contributed by atoms with E-state index in [1.165, 1.54) is 77.2 Å². The molecule has 6 rings (SSSR count). The number of aromatic amines is 1. The molecule has 0 unspecified atom stereocenters. The molecule has 0 amide bonds. The molecule has 2 aromatic rings. The number of unbranched alkanes of at least 4 members (excludes halogenated alkanes) is 5. The Hall–Kier alpha value is -1.68. The number of H-pyrrole nitrogens is 1. The Morgan fingerprint density at radius 3 is 2.32 bits per heavy atom. The van der Waals surface area contributed by atoms with Crippen molar-refractivity contribution < 1.29 is 0 Å². The summed E-state index contributed by atoms with van der Waals surface area (Å²) in [5.41, 5.74) is 2.50. The van der Waals surface area contributed by atoms with Gasteiger partial charge in [-0.15, -0.1) is 0 Å². The summed E-state index contributed by atoms with van der Waals surface area (Å²) in [7, 11) is 0. The smallest absolute Gasteiger partial charge is 0.259 e. The molecule has 4 aliphatic carbocycles. The van der Waals surface area contributed by atoms with Crippen molar-refractivity contribution in [3.05, 3.63) is 39.9 Å². The highest BCUT2D eigenvalue weighted by Crippen LogP contribution is 2.55. The van der Waals surface area contributed by atoms with E-state index in [4.69, 9.17) is 0 Å². The first-order chi connectivity index (χ1) is 15.1. The van der Waals surface area contributed by atoms with Crippen molar-refractivity contribution in [3.8, 4) is 0 Å². The average molecular weight is 422 g/mol. The summed E-state index contributed by atoms with van der Waals surface area (Å²) in [4.78, 5) is 19.7. The maximum Gasteiger partial charge on any atom is 0.259 e. The molecule has 0 aliphatic heterocycles. The van der Waals surface area contributed by atoms with Crippen molar-refractivity contribution in [3.63, 3.8) is 0 Å². The highest BCUT2D eigenvalue weighted by atomic mass is 16.1. The molecule has 4 aliphatic rings. The molecule has 0 atom stereocenters. The first kappa shape index (κ1) is 21.2.